The minimum atomic E-state index is 0.0765. The van der Waals surface area contributed by atoms with Crippen molar-refractivity contribution in [3.63, 3.8) is 0 Å². The number of ketones is 1. The van der Waals surface area contributed by atoms with Crippen LogP contribution in [0.2, 0.25) is 0 Å². The summed E-state index contributed by atoms with van der Waals surface area (Å²) in [5.41, 5.74) is 4.00. The van der Waals surface area contributed by atoms with Crippen LogP contribution < -0.4 is 5.32 Å². The number of piperidine rings is 1. The molecule has 0 unspecified atom stereocenters. The molecule has 3 saturated carbocycles. The summed E-state index contributed by atoms with van der Waals surface area (Å²) in [5, 5.41) is 3.87. The van der Waals surface area contributed by atoms with Crippen LogP contribution in [0.3, 0.4) is 0 Å². The number of carbonyl (C=O) groups is 1. The molecule has 0 aromatic rings. The van der Waals surface area contributed by atoms with Gasteiger partial charge < -0.3 is 10.1 Å². The summed E-state index contributed by atoms with van der Waals surface area (Å²) < 4.78 is 7.06. The van der Waals surface area contributed by atoms with Crippen LogP contribution in [0.25, 0.3) is 0 Å². The van der Waals surface area contributed by atoms with Gasteiger partial charge in [0.05, 0.1) is 11.7 Å². The second-order valence-corrected chi connectivity index (χ2v) is 13.6. The van der Waals surface area contributed by atoms with Crippen LogP contribution in [-0.2, 0) is 9.53 Å². The molecule has 1 N–H and O–H groups in total. The Morgan fingerprint density at radius 3 is 2.73 bits per heavy atom. The number of carbonyl (C=O) groups excluding carboxylic acids is 1. The van der Waals surface area contributed by atoms with Crippen LogP contribution in [0, 0.1) is 40.9 Å². The van der Waals surface area contributed by atoms with Gasteiger partial charge in [0.1, 0.15) is 5.78 Å². The molecular weight excluding hydrogens is 406 g/mol. The summed E-state index contributed by atoms with van der Waals surface area (Å²) >= 11 is 0. The van der Waals surface area contributed by atoms with E-state index in [2.05, 4.69) is 33.0 Å². The van der Waals surface area contributed by atoms with Crippen molar-refractivity contribution in [2.24, 2.45) is 40.9 Å². The van der Waals surface area contributed by atoms with Gasteiger partial charge in [-0.15, -0.1) is 0 Å². The molecule has 2 heterocycles. The van der Waals surface area contributed by atoms with Crippen LogP contribution in [0.4, 0.5) is 0 Å². The molecule has 1 spiro atoms. The SMILES string of the molecule is C/C1=C2\C[C@H]3[C@@H](CC[C@@H]4CC(=O)CCC[C@@]43C)[C@@H]2CC[C@@]2(CC1)O[C@@H]1C[C@H](C)CN[C@H]1[C@H]2C. The molecule has 6 aliphatic rings. The minimum Gasteiger partial charge on any atom is -0.370 e. The average Bonchev–Trinajstić information content (AvgIpc) is 3.22. The number of Topliss-reactive ketones (excluding diaryl/α,β-unsaturated/α-hetero) is 1. The number of ether oxygens (including phenoxy) is 1. The van der Waals surface area contributed by atoms with E-state index >= 15 is 0 Å². The van der Waals surface area contributed by atoms with Gasteiger partial charge in [-0.1, -0.05) is 31.9 Å². The lowest BCUT2D eigenvalue weighted by atomic mass is 9.55. The van der Waals surface area contributed by atoms with Crippen LogP contribution in [0.1, 0.15) is 105 Å². The third-order valence-corrected chi connectivity index (χ3v) is 12.0. The highest BCUT2D eigenvalue weighted by atomic mass is 16.5. The highest BCUT2D eigenvalue weighted by Crippen LogP contribution is 2.64. The molecule has 5 fully saturated rings. The van der Waals surface area contributed by atoms with Gasteiger partial charge in [0.2, 0.25) is 0 Å². The number of allylic oxidation sites excluding steroid dienone is 2. The monoisotopic (exact) mass is 453 g/mol. The van der Waals surface area contributed by atoms with Crippen molar-refractivity contribution in [3.05, 3.63) is 11.1 Å². The Morgan fingerprint density at radius 2 is 1.88 bits per heavy atom. The predicted molar refractivity (Wildman–Crippen MR) is 133 cm³/mol. The van der Waals surface area contributed by atoms with Gasteiger partial charge in [0.25, 0.3) is 0 Å². The van der Waals surface area contributed by atoms with E-state index in [1.807, 2.05) is 5.57 Å². The molecule has 0 bridgehead atoms. The number of fused-ring (bicyclic) bond motifs is 6. The Hall–Kier alpha value is -0.670. The molecule has 33 heavy (non-hydrogen) atoms. The summed E-state index contributed by atoms with van der Waals surface area (Å²) in [4.78, 5) is 12.4. The molecule has 0 aromatic carbocycles. The fraction of sp³-hybridized carbons (Fsp3) is 0.900. The molecule has 3 heteroatoms. The molecule has 6 rings (SSSR count). The van der Waals surface area contributed by atoms with E-state index < -0.39 is 0 Å². The summed E-state index contributed by atoms with van der Waals surface area (Å²) in [6, 6.07) is 0.554. The highest BCUT2D eigenvalue weighted by molar-refractivity contribution is 5.79. The maximum atomic E-state index is 12.4. The fourth-order valence-electron chi connectivity index (χ4n) is 9.99. The number of hydrogen-bond donors (Lipinski definition) is 1. The van der Waals surface area contributed by atoms with E-state index in [4.69, 9.17) is 4.74 Å². The first-order chi connectivity index (χ1) is 15.8. The van der Waals surface area contributed by atoms with Gasteiger partial charge in [-0.2, -0.15) is 0 Å². The van der Waals surface area contributed by atoms with Crippen molar-refractivity contribution in [2.45, 2.75) is 122 Å². The Bertz CT molecular complexity index is 833. The largest absolute Gasteiger partial charge is 0.370 e. The third kappa shape index (κ3) is 3.53. The molecule has 10 atom stereocenters. The maximum absolute atomic E-state index is 12.4. The van der Waals surface area contributed by atoms with Crippen LogP contribution in [0.5, 0.6) is 0 Å². The molecule has 0 radical (unpaired) electrons. The topological polar surface area (TPSA) is 38.3 Å². The Balaban J connectivity index is 1.26. The first kappa shape index (κ1) is 22.8. The first-order valence-electron chi connectivity index (χ1n) is 14.4. The molecular formula is C30H47NO2. The lowest BCUT2D eigenvalue weighted by Crippen LogP contribution is -2.48. The van der Waals surface area contributed by atoms with Crippen molar-refractivity contribution in [2.75, 3.05) is 6.54 Å². The highest BCUT2D eigenvalue weighted by Gasteiger charge is 2.58. The van der Waals surface area contributed by atoms with E-state index in [1.165, 1.54) is 57.8 Å². The first-order valence-corrected chi connectivity index (χ1v) is 14.4. The molecule has 0 aromatic heterocycles. The van der Waals surface area contributed by atoms with E-state index in [1.54, 1.807) is 5.57 Å². The van der Waals surface area contributed by atoms with Gasteiger partial charge in [-0.3, -0.25) is 4.79 Å². The van der Waals surface area contributed by atoms with E-state index in [9.17, 15) is 4.79 Å². The molecule has 4 aliphatic carbocycles. The van der Waals surface area contributed by atoms with E-state index in [-0.39, 0.29) is 5.60 Å². The Morgan fingerprint density at radius 1 is 1.03 bits per heavy atom. The van der Waals surface area contributed by atoms with Crippen molar-refractivity contribution in [1.29, 1.82) is 0 Å². The molecule has 0 amide bonds. The maximum Gasteiger partial charge on any atom is 0.133 e. The van der Waals surface area contributed by atoms with Crippen LogP contribution in [0.15, 0.2) is 11.1 Å². The van der Waals surface area contributed by atoms with Gasteiger partial charge in [-0.25, -0.2) is 0 Å². The summed E-state index contributed by atoms with van der Waals surface area (Å²) in [6.07, 6.45) is 14.7. The minimum absolute atomic E-state index is 0.0765. The van der Waals surface area contributed by atoms with Gasteiger partial charge in [0, 0.05) is 24.8 Å². The zero-order valence-electron chi connectivity index (χ0n) is 21.6. The van der Waals surface area contributed by atoms with E-state index in [0.29, 0.717) is 35.2 Å². The molecule has 3 nitrogen and oxygen atoms in total. The standard InChI is InChI=1S/C30H47NO2/c1-18-14-27-28(31-17-18)20(3)30(33-27)12-9-19(2)25-16-26-24(23(25)10-13-30)8-7-21-15-22(32)6-5-11-29(21,26)4/h18,20-21,23-24,26-28,31H,5-17H2,1-4H3/b25-19-/t18-,20+,21+,23-,24-,26-,27+,28-,29-,30+/m0/s1. The lowest BCUT2D eigenvalue weighted by molar-refractivity contribution is -0.121. The van der Waals surface area contributed by atoms with Crippen LogP contribution >= 0.6 is 0 Å². The van der Waals surface area contributed by atoms with Crippen molar-refractivity contribution in [1.82, 2.24) is 5.32 Å². The van der Waals surface area contributed by atoms with Crippen molar-refractivity contribution < 1.29 is 9.53 Å². The number of nitrogens with one attached hydrogen (secondary N) is 1. The van der Waals surface area contributed by atoms with Gasteiger partial charge >= 0.3 is 0 Å². The molecule has 2 aliphatic heterocycles. The Labute approximate surface area is 201 Å². The lowest BCUT2D eigenvalue weighted by Gasteiger charge is -2.49. The summed E-state index contributed by atoms with van der Waals surface area (Å²) in [6.45, 7) is 11.1. The smallest absolute Gasteiger partial charge is 0.133 e. The zero-order valence-corrected chi connectivity index (χ0v) is 21.6. The zero-order chi connectivity index (χ0) is 23.0. The molecule has 2 saturated heterocycles. The second-order valence-electron chi connectivity index (χ2n) is 13.6. The summed E-state index contributed by atoms with van der Waals surface area (Å²) in [5.74, 6) is 4.94. The third-order valence-electron chi connectivity index (χ3n) is 12.0. The van der Waals surface area contributed by atoms with Crippen LogP contribution in [-0.4, -0.2) is 30.1 Å². The van der Waals surface area contributed by atoms with Gasteiger partial charge in [-0.05, 0) is 113 Å². The average molecular weight is 454 g/mol. The van der Waals surface area contributed by atoms with E-state index in [0.717, 1.165) is 49.5 Å². The fourth-order valence-corrected chi connectivity index (χ4v) is 9.99. The quantitative estimate of drug-likeness (QED) is 0.428. The summed E-state index contributed by atoms with van der Waals surface area (Å²) in [7, 11) is 0. The van der Waals surface area contributed by atoms with Crippen molar-refractivity contribution in [3.8, 4) is 0 Å². The number of hydrogen-bond acceptors (Lipinski definition) is 3. The predicted octanol–water partition coefficient (Wildman–Crippen LogP) is 6.46. The van der Waals surface area contributed by atoms with Gasteiger partial charge in [0.15, 0.2) is 0 Å². The molecule has 184 valence electrons. The Kier molecular flexibility index (Phi) is 5.65. The number of rotatable bonds is 0. The normalized spacial score (nSPS) is 54.6. The van der Waals surface area contributed by atoms with Crippen molar-refractivity contribution >= 4 is 5.78 Å². The second kappa shape index (κ2) is 8.19.